The van der Waals surface area contributed by atoms with E-state index < -0.39 is 5.97 Å². The maximum atomic E-state index is 11.5. The number of halogens is 1. The molecule has 6 nitrogen and oxygen atoms in total. The Hall–Kier alpha value is -2.07. The number of furan rings is 1. The number of amides is 1. The summed E-state index contributed by atoms with van der Waals surface area (Å²) in [4.78, 5) is 24.2. The average molecular weight is 341 g/mol. The van der Waals surface area contributed by atoms with Gasteiger partial charge in [-0.3, -0.25) is 4.79 Å². The van der Waals surface area contributed by atoms with Crippen molar-refractivity contribution in [3.8, 4) is 6.07 Å². The van der Waals surface area contributed by atoms with Crippen molar-refractivity contribution in [2.45, 2.75) is 6.42 Å². The fourth-order valence-corrected chi connectivity index (χ4v) is 1.52. The summed E-state index contributed by atoms with van der Waals surface area (Å²) in [7, 11) is 1.55. The topological polar surface area (TPSA) is 83.5 Å². The van der Waals surface area contributed by atoms with Crippen LogP contribution in [0.25, 0.3) is 6.08 Å². The molecule has 1 rings (SSSR count). The molecular weight excluding hydrogens is 328 g/mol. The number of rotatable bonds is 6. The first-order valence-corrected chi connectivity index (χ1v) is 6.53. The molecule has 106 valence electrons. The van der Waals surface area contributed by atoms with Gasteiger partial charge in [-0.2, -0.15) is 5.26 Å². The van der Waals surface area contributed by atoms with Crippen molar-refractivity contribution in [2.24, 2.45) is 0 Å². The van der Waals surface area contributed by atoms with Crippen molar-refractivity contribution in [3.05, 3.63) is 28.6 Å². The van der Waals surface area contributed by atoms with Gasteiger partial charge in [0, 0.05) is 19.7 Å². The van der Waals surface area contributed by atoms with Crippen LogP contribution in [0.4, 0.5) is 0 Å². The summed E-state index contributed by atoms with van der Waals surface area (Å²) in [6.45, 7) is -0.0455. The lowest BCUT2D eigenvalue weighted by atomic mass is 10.4. The van der Waals surface area contributed by atoms with Crippen LogP contribution < -0.4 is 0 Å². The number of likely N-dealkylation sites (N-methyl/N-ethyl adjacent to an activating group) is 1. The van der Waals surface area contributed by atoms with Crippen LogP contribution in [0.3, 0.4) is 0 Å². The Morgan fingerprint density at radius 2 is 2.30 bits per heavy atom. The molecule has 0 aliphatic heterocycles. The van der Waals surface area contributed by atoms with Crippen LogP contribution in [0.5, 0.6) is 0 Å². The van der Waals surface area contributed by atoms with Crippen LogP contribution in [0.15, 0.2) is 27.3 Å². The van der Waals surface area contributed by atoms with E-state index in [4.69, 9.17) is 14.4 Å². The molecule has 0 saturated heterocycles. The molecule has 0 radical (unpaired) electrons. The predicted octanol–water partition coefficient (Wildman–Crippen LogP) is 1.97. The van der Waals surface area contributed by atoms with Gasteiger partial charge in [0.25, 0.3) is 5.91 Å². The number of nitrogens with zero attached hydrogens (tertiary/aromatic N) is 2. The van der Waals surface area contributed by atoms with Gasteiger partial charge in [0.1, 0.15) is 5.76 Å². The molecule has 0 spiro atoms. The van der Waals surface area contributed by atoms with Gasteiger partial charge in [0.15, 0.2) is 11.3 Å². The number of hydrogen-bond acceptors (Lipinski definition) is 5. The molecule has 0 atom stereocenters. The monoisotopic (exact) mass is 340 g/mol. The van der Waals surface area contributed by atoms with E-state index >= 15 is 0 Å². The molecule has 1 amide bonds. The zero-order valence-electron chi connectivity index (χ0n) is 10.8. The van der Waals surface area contributed by atoms with Crippen molar-refractivity contribution in [3.63, 3.8) is 0 Å². The Kier molecular flexibility index (Phi) is 6.53. The highest BCUT2D eigenvalue weighted by Crippen LogP contribution is 2.14. The molecule has 0 aliphatic carbocycles. The highest BCUT2D eigenvalue weighted by Gasteiger charge is 2.10. The third-order valence-corrected chi connectivity index (χ3v) is 2.73. The van der Waals surface area contributed by atoms with Crippen LogP contribution in [0, 0.1) is 11.3 Å². The van der Waals surface area contributed by atoms with E-state index in [2.05, 4.69) is 15.9 Å². The Balaban J connectivity index is 2.34. The lowest BCUT2D eigenvalue weighted by molar-refractivity contribution is -0.147. The molecule has 0 aromatic carbocycles. The molecule has 1 aromatic rings. The fraction of sp³-hybridized carbons (Fsp3) is 0.308. The van der Waals surface area contributed by atoms with E-state index in [0.717, 1.165) is 0 Å². The number of hydrogen-bond donors (Lipinski definition) is 0. The van der Waals surface area contributed by atoms with Gasteiger partial charge in [0.05, 0.1) is 12.5 Å². The van der Waals surface area contributed by atoms with Crippen molar-refractivity contribution in [1.29, 1.82) is 5.26 Å². The van der Waals surface area contributed by atoms with E-state index in [0.29, 0.717) is 17.0 Å². The van der Waals surface area contributed by atoms with E-state index in [1.54, 1.807) is 19.2 Å². The normalized spacial score (nSPS) is 10.2. The van der Waals surface area contributed by atoms with Crippen molar-refractivity contribution >= 4 is 33.9 Å². The minimum absolute atomic E-state index is 0.240. The first-order valence-electron chi connectivity index (χ1n) is 5.74. The molecule has 1 heterocycles. The lowest BCUT2D eigenvalue weighted by Gasteiger charge is -2.14. The predicted molar refractivity (Wildman–Crippen MR) is 74.3 cm³/mol. The number of ether oxygens (including phenoxy) is 1. The van der Waals surface area contributed by atoms with Gasteiger partial charge < -0.3 is 14.1 Å². The molecule has 0 N–H and O–H groups in total. The van der Waals surface area contributed by atoms with Crippen LogP contribution in [-0.2, 0) is 14.3 Å². The third kappa shape index (κ3) is 5.71. The Morgan fingerprint density at radius 3 is 2.90 bits per heavy atom. The molecule has 0 unspecified atom stereocenters. The molecule has 7 heteroatoms. The van der Waals surface area contributed by atoms with Crippen molar-refractivity contribution < 1.29 is 18.7 Å². The van der Waals surface area contributed by atoms with Crippen LogP contribution in [0.1, 0.15) is 12.2 Å². The SMILES string of the molecule is CN(CCC#N)C(=O)COC(=O)/C=C/c1ccc(Br)o1. The first kappa shape index (κ1) is 16.0. The van der Waals surface area contributed by atoms with E-state index in [-0.39, 0.29) is 18.9 Å². The number of esters is 1. The second-order valence-corrected chi connectivity index (χ2v) is 4.59. The molecule has 0 fully saturated rings. The standard InChI is InChI=1S/C13H13BrN2O4/c1-16(8-2-7-15)12(17)9-19-13(18)6-4-10-3-5-11(14)20-10/h3-6H,2,8-9H2,1H3/b6-4+. The molecule has 20 heavy (non-hydrogen) atoms. The first-order chi connectivity index (χ1) is 9.52. The summed E-state index contributed by atoms with van der Waals surface area (Å²) < 4.78 is 10.5. The van der Waals surface area contributed by atoms with Gasteiger partial charge in [-0.25, -0.2) is 4.79 Å². The van der Waals surface area contributed by atoms with Gasteiger partial charge >= 0.3 is 5.97 Å². The Morgan fingerprint density at radius 1 is 1.55 bits per heavy atom. The van der Waals surface area contributed by atoms with Crippen LogP contribution in [-0.4, -0.2) is 37.0 Å². The molecule has 0 bridgehead atoms. The lowest BCUT2D eigenvalue weighted by Crippen LogP contribution is -2.31. The molecular formula is C13H13BrN2O4. The fourth-order valence-electron chi connectivity index (χ4n) is 1.20. The van der Waals surface area contributed by atoms with Gasteiger partial charge in [0.2, 0.25) is 0 Å². The summed E-state index contributed by atoms with van der Waals surface area (Å²) in [5.41, 5.74) is 0. The van der Waals surface area contributed by atoms with Gasteiger partial charge in [-0.15, -0.1) is 0 Å². The smallest absolute Gasteiger partial charge is 0.331 e. The third-order valence-electron chi connectivity index (χ3n) is 2.30. The molecule has 1 aromatic heterocycles. The van der Waals surface area contributed by atoms with E-state index in [1.165, 1.54) is 17.1 Å². The number of carbonyl (C=O) groups is 2. The second kappa shape index (κ2) is 8.17. The number of nitriles is 1. The largest absolute Gasteiger partial charge is 0.452 e. The summed E-state index contributed by atoms with van der Waals surface area (Å²) in [6.07, 6.45) is 2.86. The molecule has 0 aliphatic rings. The molecule has 0 saturated carbocycles. The van der Waals surface area contributed by atoms with Crippen LogP contribution >= 0.6 is 15.9 Å². The highest BCUT2D eigenvalue weighted by atomic mass is 79.9. The Bertz CT molecular complexity index is 545. The van der Waals surface area contributed by atoms with Crippen molar-refractivity contribution in [2.75, 3.05) is 20.2 Å². The highest BCUT2D eigenvalue weighted by molar-refractivity contribution is 9.10. The summed E-state index contributed by atoms with van der Waals surface area (Å²) in [5.74, 6) is -0.506. The zero-order chi connectivity index (χ0) is 15.0. The van der Waals surface area contributed by atoms with Gasteiger partial charge in [-0.1, -0.05) is 0 Å². The minimum Gasteiger partial charge on any atom is -0.452 e. The number of carbonyl (C=O) groups excluding carboxylic acids is 2. The quantitative estimate of drug-likeness (QED) is 0.583. The average Bonchev–Trinajstić information content (AvgIpc) is 2.85. The maximum absolute atomic E-state index is 11.5. The van der Waals surface area contributed by atoms with Gasteiger partial charge in [-0.05, 0) is 34.1 Å². The minimum atomic E-state index is -0.639. The summed E-state index contributed by atoms with van der Waals surface area (Å²) in [5, 5.41) is 8.40. The van der Waals surface area contributed by atoms with Crippen molar-refractivity contribution in [1.82, 2.24) is 4.90 Å². The Labute approximate surface area is 124 Å². The summed E-state index contributed by atoms with van der Waals surface area (Å²) >= 11 is 3.14. The second-order valence-electron chi connectivity index (χ2n) is 3.81. The zero-order valence-corrected chi connectivity index (χ0v) is 12.4. The summed E-state index contributed by atoms with van der Waals surface area (Å²) in [6, 6.07) is 5.30. The van der Waals surface area contributed by atoms with E-state index in [9.17, 15) is 9.59 Å². The van der Waals surface area contributed by atoms with Crippen LogP contribution in [0.2, 0.25) is 0 Å². The van der Waals surface area contributed by atoms with E-state index in [1.807, 2.05) is 6.07 Å². The maximum Gasteiger partial charge on any atom is 0.331 e.